The van der Waals surface area contributed by atoms with Crippen molar-refractivity contribution < 1.29 is 4.79 Å². The molecule has 0 aromatic heterocycles. The molecular formula is C13H13NO. The summed E-state index contributed by atoms with van der Waals surface area (Å²) in [5.74, 6) is 0.696. The first-order chi connectivity index (χ1) is 7.27. The molecule has 0 amide bonds. The monoisotopic (exact) mass is 199 g/mol. The van der Waals surface area contributed by atoms with Crippen molar-refractivity contribution in [2.45, 2.75) is 25.7 Å². The van der Waals surface area contributed by atoms with Gasteiger partial charge in [-0.15, -0.1) is 0 Å². The lowest BCUT2D eigenvalue weighted by atomic mass is 9.78. The van der Waals surface area contributed by atoms with E-state index in [2.05, 4.69) is 11.1 Å². The fraction of sp³-hybridized carbons (Fsp3) is 0.385. The second-order valence-corrected chi connectivity index (χ2v) is 4.45. The molecule has 0 radical (unpaired) electrons. The number of benzene rings is 1. The van der Waals surface area contributed by atoms with Gasteiger partial charge < -0.3 is 0 Å². The molecule has 0 saturated heterocycles. The van der Waals surface area contributed by atoms with Gasteiger partial charge in [-0.05, 0) is 24.5 Å². The van der Waals surface area contributed by atoms with E-state index in [0.717, 1.165) is 24.2 Å². The number of carbonyl (C=O) groups is 1. The lowest BCUT2D eigenvalue weighted by Crippen LogP contribution is -2.30. The summed E-state index contributed by atoms with van der Waals surface area (Å²) in [6, 6.07) is 8.10. The number of hydrogen-bond donors (Lipinski definition) is 0. The summed E-state index contributed by atoms with van der Waals surface area (Å²) in [4.78, 5) is 16.4. The van der Waals surface area contributed by atoms with E-state index in [9.17, 15) is 4.79 Å². The van der Waals surface area contributed by atoms with Crippen LogP contribution in [-0.2, 0) is 4.79 Å². The predicted octanol–water partition coefficient (Wildman–Crippen LogP) is 2.86. The van der Waals surface area contributed by atoms with E-state index in [0.29, 0.717) is 0 Å². The Morgan fingerprint density at radius 3 is 2.93 bits per heavy atom. The van der Waals surface area contributed by atoms with Gasteiger partial charge in [0.25, 0.3) is 0 Å². The van der Waals surface area contributed by atoms with Gasteiger partial charge in [0.2, 0.25) is 0 Å². The van der Waals surface area contributed by atoms with Crippen molar-refractivity contribution in [3.05, 3.63) is 29.8 Å². The molecule has 1 aromatic rings. The Kier molecular flexibility index (Phi) is 1.78. The van der Waals surface area contributed by atoms with Crippen molar-refractivity contribution in [3.63, 3.8) is 0 Å². The number of carbonyl (C=O) groups excluding carboxylic acids is 1. The summed E-state index contributed by atoms with van der Waals surface area (Å²) in [6.45, 7) is 2.00. The molecule has 0 bridgehead atoms. The van der Waals surface area contributed by atoms with E-state index < -0.39 is 0 Å². The summed E-state index contributed by atoms with van der Waals surface area (Å²) in [5.41, 5.74) is 3.04. The maximum absolute atomic E-state index is 11.9. The van der Waals surface area contributed by atoms with E-state index >= 15 is 0 Å². The molecule has 2 unspecified atom stereocenters. The fourth-order valence-corrected chi connectivity index (χ4v) is 2.56. The van der Waals surface area contributed by atoms with E-state index in [-0.39, 0.29) is 17.6 Å². The molecule has 1 heterocycles. The largest absolute Gasteiger partial charge is 0.292 e. The van der Waals surface area contributed by atoms with Crippen LogP contribution in [0.2, 0.25) is 0 Å². The molecular weight excluding hydrogens is 186 g/mol. The summed E-state index contributed by atoms with van der Waals surface area (Å²) >= 11 is 0. The number of rotatable bonds is 0. The van der Waals surface area contributed by atoms with Crippen molar-refractivity contribution in [1.82, 2.24) is 0 Å². The van der Waals surface area contributed by atoms with E-state index in [1.807, 2.05) is 25.1 Å². The van der Waals surface area contributed by atoms with Crippen LogP contribution in [0.25, 0.3) is 0 Å². The first kappa shape index (κ1) is 8.84. The highest BCUT2D eigenvalue weighted by atomic mass is 16.1. The molecule has 76 valence electrons. The molecule has 2 atom stereocenters. The van der Waals surface area contributed by atoms with Crippen molar-refractivity contribution in [2.75, 3.05) is 0 Å². The second kappa shape index (κ2) is 3.02. The number of nitrogens with zero attached hydrogens (tertiary/aromatic N) is 1. The minimum Gasteiger partial charge on any atom is -0.292 e. The van der Waals surface area contributed by atoms with Gasteiger partial charge in [0, 0.05) is 11.8 Å². The number of para-hydroxylation sites is 1. The number of aliphatic imine (C=N–C) groups is 1. The van der Waals surface area contributed by atoms with Gasteiger partial charge in [-0.2, -0.15) is 0 Å². The highest BCUT2D eigenvalue weighted by molar-refractivity contribution is 6.44. The topological polar surface area (TPSA) is 29.4 Å². The molecule has 1 aliphatic heterocycles. The Hall–Kier alpha value is -1.44. The zero-order valence-corrected chi connectivity index (χ0v) is 8.73. The summed E-state index contributed by atoms with van der Waals surface area (Å²) in [6.07, 6.45) is 2.07. The van der Waals surface area contributed by atoms with E-state index in [1.54, 1.807) is 0 Å². The minimum atomic E-state index is 0.161. The van der Waals surface area contributed by atoms with Gasteiger partial charge in [0.05, 0.1) is 11.4 Å². The molecule has 2 aliphatic rings. The lowest BCUT2D eigenvalue weighted by Gasteiger charge is -2.23. The molecule has 1 aliphatic carbocycles. The molecule has 0 spiro atoms. The summed E-state index contributed by atoms with van der Waals surface area (Å²) in [7, 11) is 0. The Balaban J connectivity index is 2.09. The van der Waals surface area contributed by atoms with Crippen LogP contribution >= 0.6 is 0 Å². The third-order valence-electron chi connectivity index (χ3n) is 3.47. The normalized spacial score (nSPS) is 28.3. The third kappa shape index (κ3) is 1.17. The molecule has 1 fully saturated rings. The van der Waals surface area contributed by atoms with Crippen LogP contribution in [0.5, 0.6) is 0 Å². The molecule has 2 nitrogen and oxygen atoms in total. The predicted molar refractivity (Wildman–Crippen MR) is 59.7 cm³/mol. The Bertz CT molecular complexity index is 461. The Labute approximate surface area is 89.0 Å². The molecule has 2 heteroatoms. The SMILES string of the molecule is CC1CCC2C(=Nc3ccccc32)C1=O. The smallest absolute Gasteiger partial charge is 0.180 e. The zero-order valence-electron chi connectivity index (χ0n) is 8.73. The minimum absolute atomic E-state index is 0.161. The highest BCUT2D eigenvalue weighted by Crippen LogP contribution is 2.42. The first-order valence-electron chi connectivity index (χ1n) is 5.49. The zero-order chi connectivity index (χ0) is 10.4. The first-order valence-corrected chi connectivity index (χ1v) is 5.49. The van der Waals surface area contributed by atoms with Gasteiger partial charge in [-0.25, -0.2) is 4.99 Å². The standard InChI is InChI=1S/C13H13NO/c1-8-6-7-10-9-4-2-3-5-11(9)14-12(10)13(8)15/h2-5,8,10H,6-7H2,1H3. The molecule has 15 heavy (non-hydrogen) atoms. The van der Waals surface area contributed by atoms with Crippen LogP contribution in [0.15, 0.2) is 29.3 Å². The van der Waals surface area contributed by atoms with Gasteiger partial charge in [0.1, 0.15) is 0 Å². The lowest BCUT2D eigenvalue weighted by molar-refractivity contribution is -0.117. The van der Waals surface area contributed by atoms with Gasteiger partial charge in [0.15, 0.2) is 5.78 Å². The van der Waals surface area contributed by atoms with Crippen LogP contribution in [0.1, 0.15) is 31.2 Å². The Morgan fingerprint density at radius 1 is 1.27 bits per heavy atom. The van der Waals surface area contributed by atoms with Gasteiger partial charge in [-0.1, -0.05) is 25.1 Å². The van der Waals surface area contributed by atoms with Gasteiger partial charge in [-0.3, -0.25) is 4.79 Å². The highest BCUT2D eigenvalue weighted by Gasteiger charge is 2.37. The number of hydrogen-bond acceptors (Lipinski definition) is 2. The molecule has 0 N–H and O–H groups in total. The van der Waals surface area contributed by atoms with Crippen LogP contribution in [0, 0.1) is 5.92 Å². The summed E-state index contributed by atoms with van der Waals surface area (Å²) in [5, 5.41) is 0. The van der Waals surface area contributed by atoms with E-state index in [1.165, 1.54) is 5.56 Å². The Morgan fingerprint density at radius 2 is 2.07 bits per heavy atom. The van der Waals surface area contributed by atoms with Crippen LogP contribution in [-0.4, -0.2) is 11.5 Å². The molecule has 1 aromatic carbocycles. The third-order valence-corrected chi connectivity index (χ3v) is 3.47. The maximum Gasteiger partial charge on any atom is 0.180 e. The maximum atomic E-state index is 11.9. The molecule has 1 saturated carbocycles. The van der Waals surface area contributed by atoms with Crippen LogP contribution < -0.4 is 0 Å². The number of fused-ring (bicyclic) bond motifs is 3. The van der Waals surface area contributed by atoms with Crippen molar-refractivity contribution in [1.29, 1.82) is 0 Å². The van der Waals surface area contributed by atoms with Crippen molar-refractivity contribution >= 4 is 17.2 Å². The van der Waals surface area contributed by atoms with Crippen molar-refractivity contribution in [2.24, 2.45) is 10.9 Å². The average molecular weight is 199 g/mol. The van der Waals surface area contributed by atoms with Crippen LogP contribution in [0.3, 0.4) is 0 Å². The van der Waals surface area contributed by atoms with Gasteiger partial charge >= 0.3 is 0 Å². The molecule has 3 rings (SSSR count). The quantitative estimate of drug-likeness (QED) is 0.631. The average Bonchev–Trinajstić information content (AvgIpc) is 2.63. The van der Waals surface area contributed by atoms with Crippen molar-refractivity contribution in [3.8, 4) is 0 Å². The number of ketones is 1. The van der Waals surface area contributed by atoms with E-state index in [4.69, 9.17) is 0 Å². The number of Topliss-reactive ketones (excluding diaryl/α,β-unsaturated/α-hetero) is 1. The summed E-state index contributed by atoms with van der Waals surface area (Å²) < 4.78 is 0. The second-order valence-electron chi connectivity index (χ2n) is 4.45. The fourth-order valence-electron chi connectivity index (χ4n) is 2.56. The van der Waals surface area contributed by atoms with Crippen LogP contribution in [0.4, 0.5) is 5.69 Å².